The second kappa shape index (κ2) is 5.54. The highest BCUT2D eigenvalue weighted by atomic mass is 16.1. The molecule has 2 heteroatoms. The van der Waals surface area contributed by atoms with Crippen molar-refractivity contribution in [2.75, 3.05) is 0 Å². The van der Waals surface area contributed by atoms with Crippen molar-refractivity contribution in [1.29, 1.82) is 0 Å². The fourth-order valence-corrected chi connectivity index (χ4v) is 6.31. The second-order valence-electron chi connectivity index (χ2n) is 8.74. The van der Waals surface area contributed by atoms with Gasteiger partial charge in [0.2, 0.25) is 0 Å². The average molecular weight is 386 g/mol. The van der Waals surface area contributed by atoms with E-state index in [1.165, 1.54) is 22.3 Å². The van der Waals surface area contributed by atoms with Crippen LogP contribution >= 0.6 is 0 Å². The van der Waals surface area contributed by atoms with E-state index in [0.29, 0.717) is 11.1 Å². The van der Waals surface area contributed by atoms with Gasteiger partial charge in [-0.15, -0.1) is 0 Å². The molecule has 0 aromatic heterocycles. The van der Waals surface area contributed by atoms with Crippen molar-refractivity contribution in [3.63, 3.8) is 0 Å². The number of ketones is 2. The lowest BCUT2D eigenvalue weighted by molar-refractivity contribution is 0.0664. The molecule has 142 valence electrons. The maximum atomic E-state index is 13.9. The van der Waals surface area contributed by atoms with Gasteiger partial charge in [0.15, 0.2) is 11.6 Å². The van der Waals surface area contributed by atoms with Crippen LogP contribution in [0.5, 0.6) is 0 Å². The van der Waals surface area contributed by atoms with Gasteiger partial charge in [0, 0.05) is 34.8 Å². The van der Waals surface area contributed by atoms with Crippen LogP contribution in [0.2, 0.25) is 0 Å². The summed E-state index contributed by atoms with van der Waals surface area (Å²) in [4.78, 5) is 27.8. The van der Waals surface area contributed by atoms with E-state index >= 15 is 0 Å². The van der Waals surface area contributed by atoms with Gasteiger partial charge in [-0.05, 0) is 45.2 Å². The van der Waals surface area contributed by atoms with Crippen LogP contribution in [0.4, 0.5) is 0 Å². The number of hydrogen-bond acceptors (Lipinski definition) is 2. The quantitative estimate of drug-likeness (QED) is 0.386. The van der Waals surface area contributed by atoms with Gasteiger partial charge in [-0.2, -0.15) is 0 Å². The lowest BCUT2D eigenvalue weighted by Gasteiger charge is -2.51. The van der Waals surface area contributed by atoms with Gasteiger partial charge in [0.1, 0.15) is 0 Å². The summed E-state index contributed by atoms with van der Waals surface area (Å²) >= 11 is 0. The molecule has 0 radical (unpaired) electrons. The SMILES string of the molecule is O=C1c2cc3ccccc3cc2C(=O)[C@H]2C3c4ccccc4C(c4ccccc43)C12. The highest BCUT2D eigenvalue weighted by Gasteiger charge is 2.57. The molecule has 2 bridgehead atoms. The summed E-state index contributed by atoms with van der Waals surface area (Å²) in [6.07, 6.45) is 0. The summed E-state index contributed by atoms with van der Waals surface area (Å²) in [6, 6.07) is 28.6. The molecule has 30 heavy (non-hydrogen) atoms. The highest BCUT2D eigenvalue weighted by Crippen LogP contribution is 2.61. The van der Waals surface area contributed by atoms with E-state index in [0.717, 1.165) is 10.8 Å². The highest BCUT2D eigenvalue weighted by molar-refractivity contribution is 6.19. The largest absolute Gasteiger partial charge is 0.294 e. The summed E-state index contributed by atoms with van der Waals surface area (Å²) in [7, 11) is 0. The van der Waals surface area contributed by atoms with E-state index in [1.54, 1.807) is 0 Å². The van der Waals surface area contributed by atoms with Gasteiger partial charge < -0.3 is 0 Å². The molecule has 0 N–H and O–H groups in total. The molecule has 0 heterocycles. The summed E-state index contributed by atoms with van der Waals surface area (Å²) < 4.78 is 0. The zero-order valence-corrected chi connectivity index (χ0v) is 16.2. The van der Waals surface area contributed by atoms with Crippen molar-refractivity contribution in [3.05, 3.63) is 118 Å². The number of Topliss-reactive ketones (excluding diaryl/α,β-unsaturated/α-hetero) is 2. The summed E-state index contributed by atoms with van der Waals surface area (Å²) in [6.45, 7) is 0. The first-order valence-corrected chi connectivity index (χ1v) is 10.5. The van der Waals surface area contributed by atoms with Crippen LogP contribution in [0, 0.1) is 11.8 Å². The average Bonchev–Trinajstić information content (AvgIpc) is 2.81. The van der Waals surface area contributed by atoms with E-state index < -0.39 is 0 Å². The minimum absolute atomic E-state index is 0.0523. The molecule has 4 aromatic rings. The molecule has 2 nitrogen and oxygen atoms in total. The van der Waals surface area contributed by atoms with Crippen molar-refractivity contribution < 1.29 is 9.59 Å². The predicted molar refractivity (Wildman–Crippen MR) is 116 cm³/mol. The number of carbonyl (C=O) groups excluding carboxylic acids is 2. The van der Waals surface area contributed by atoms with Crippen LogP contribution < -0.4 is 0 Å². The van der Waals surface area contributed by atoms with Crippen molar-refractivity contribution >= 4 is 22.3 Å². The Labute approximate surface area is 174 Å². The van der Waals surface area contributed by atoms with E-state index in [4.69, 9.17) is 0 Å². The normalized spacial score (nSPS) is 25.5. The summed E-state index contributed by atoms with van der Waals surface area (Å²) in [5.74, 6) is -0.493. The maximum absolute atomic E-state index is 13.9. The minimum Gasteiger partial charge on any atom is -0.294 e. The predicted octanol–water partition coefficient (Wildman–Crippen LogP) is 5.74. The van der Waals surface area contributed by atoms with Gasteiger partial charge in [-0.3, -0.25) is 9.59 Å². The first kappa shape index (κ1) is 16.3. The molecule has 2 atom stereocenters. The van der Waals surface area contributed by atoms with Crippen LogP contribution in [0.1, 0.15) is 54.8 Å². The molecule has 0 saturated carbocycles. The van der Waals surface area contributed by atoms with Crippen molar-refractivity contribution in [1.82, 2.24) is 0 Å². The van der Waals surface area contributed by atoms with E-state index in [9.17, 15) is 9.59 Å². The van der Waals surface area contributed by atoms with Crippen LogP contribution in [0.3, 0.4) is 0 Å². The minimum atomic E-state index is -0.319. The molecular formula is C28H18O2. The first-order valence-electron chi connectivity index (χ1n) is 10.5. The van der Waals surface area contributed by atoms with Crippen LogP contribution in [-0.2, 0) is 0 Å². The van der Waals surface area contributed by atoms with Crippen molar-refractivity contribution in [2.24, 2.45) is 11.8 Å². The zero-order valence-electron chi connectivity index (χ0n) is 16.2. The molecule has 1 unspecified atom stereocenters. The molecule has 4 aliphatic rings. The monoisotopic (exact) mass is 386 g/mol. The Kier molecular flexibility index (Phi) is 3.01. The Morgan fingerprint density at radius 2 is 0.800 bits per heavy atom. The Morgan fingerprint density at radius 3 is 1.17 bits per heavy atom. The summed E-state index contributed by atoms with van der Waals surface area (Å²) in [5.41, 5.74) is 6.06. The van der Waals surface area contributed by atoms with Gasteiger partial charge in [-0.1, -0.05) is 72.8 Å². The summed E-state index contributed by atoms with van der Waals surface area (Å²) in [5, 5.41) is 2.02. The molecule has 8 rings (SSSR count). The van der Waals surface area contributed by atoms with Crippen molar-refractivity contribution in [3.8, 4) is 0 Å². The Hall–Kier alpha value is -3.52. The number of fused-ring (bicyclic) bond motifs is 2. The Morgan fingerprint density at radius 1 is 0.467 bits per heavy atom. The third-order valence-electron chi connectivity index (χ3n) is 7.46. The fourth-order valence-electron chi connectivity index (χ4n) is 6.31. The van der Waals surface area contributed by atoms with Crippen molar-refractivity contribution in [2.45, 2.75) is 11.8 Å². The van der Waals surface area contributed by atoms with E-state index in [2.05, 4.69) is 24.3 Å². The Balaban J connectivity index is 1.53. The maximum Gasteiger partial charge on any atom is 0.168 e. The number of benzene rings is 4. The first-order chi connectivity index (χ1) is 14.7. The van der Waals surface area contributed by atoms with E-state index in [1.807, 2.05) is 60.7 Å². The molecule has 4 aliphatic carbocycles. The molecule has 0 fully saturated rings. The number of rotatable bonds is 0. The van der Waals surface area contributed by atoms with Crippen LogP contribution in [0.15, 0.2) is 84.9 Å². The Bertz CT molecular complexity index is 1260. The lowest BCUT2D eigenvalue weighted by atomic mass is 9.50. The fraction of sp³-hybridized carbons (Fsp3) is 0.143. The second-order valence-corrected chi connectivity index (χ2v) is 8.74. The van der Waals surface area contributed by atoms with Gasteiger partial charge in [-0.25, -0.2) is 0 Å². The van der Waals surface area contributed by atoms with Gasteiger partial charge >= 0.3 is 0 Å². The molecule has 0 spiro atoms. The topological polar surface area (TPSA) is 34.1 Å². The lowest BCUT2D eigenvalue weighted by Crippen LogP contribution is -2.50. The molecule has 0 saturated heterocycles. The van der Waals surface area contributed by atoms with Gasteiger partial charge in [0.25, 0.3) is 0 Å². The van der Waals surface area contributed by atoms with Gasteiger partial charge in [0.05, 0.1) is 0 Å². The van der Waals surface area contributed by atoms with Crippen LogP contribution in [-0.4, -0.2) is 11.6 Å². The third-order valence-corrected chi connectivity index (χ3v) is 7.46. The molecule has 4 aromatic carbocycles. The molecular weight excluding hydrogens is 368 g/mol. The smallest absolute Gasteiger partial charge is 0.168 e. The van der Waals surface area contributed by atoms with E-state index in [-0.39, 0.29) is 35.2 Å². The molecule has 0 aliphatic heterocycles. The zero-order chi connectivity index (χ0) is 20.0. The number of carbonyl (C=O) groups is 2. The van der Waals surface area contributed by atoms with Crippen LogP contribution in [0.25, 0.3) is 10.8 Å². The third kappa shape index (κ3) is 1.85. The molecule has 0 amide bonds. The number of hydrogen-bond donors (Lipinski definition) is 0. The standard InChI is InChI=1S/C28H18O2/c29-27-21-13-15-7-1-2-8-16(15)14-22(21)28(30)26-24-19-11-5-3-9-17(19)23(25(26)27)18-10-4-6-12-20(18)24/h1-14,23-26H/t23?,24?,25-,26?/m0/s1.